The fourth-order valence-electron chi connectivity index (χ4n) is 1.87. The van der Waals surface area contributed by atoms with Gasteiger partial charge in [-0.1, -0.05) is 29.8 Å². The van der Waals surface area contributed by atoms with E-state index in [1.165, 1.54) is 16.7 Å². The normalized spacial score (nSPS) is 15.3. The van der Waals surface area contributed by atoms with E-state index in [0.29, 0.717) is 0 Å². The molecule has 0 radical (unpaired) electrons. The molecule has 0 aliphatic heterocycles. The lowest BCUT2D eigenvalue weighted by atomic mass is 9.89. The second-order valence-corrected chi connectivity index (χ2v) is 3.64. The summed E-state index contributed by atoms with van der Waals surface area (Å²) in [6.45, 7) is 4.42. The Kier molecular flexibility index (Phi) is 1.76. The fourth-order valence-corrected chi connectivity index (χ4v) is 1.87. The molecule has 1 aliphatic carbocycles. The van der Waals surface area contributed by atoms with Gasteiger partial charge >= 0.3 is 0 Å². The zero-order valence-corrected chi connectivity index (χ0v) is 7.72. The van der Waals surface area contributed by atoms with E-state index in [9.17, 15) is 0 Å². The van der Waals surface area contributed by atoms with Crippen molar-refractivity contribution in [3.8, 4) is 0 Å². The number of aryl methyl sites for hydroxylation is 1. The van der Waals surface area contributed by atoms with E-state index >= 15 is 0 Å². The lowest BCUT2D eigenvalue weighted by molar-refractivity contribution is 1.00. The van der Waals surface area contributed by atoms with Crippen LogP contribution in [0.4, 0.5) is 0 Å². The van der Waals surface area contributed by atoms with Crippen LogP contribution < -0.4 is 0 Å². The van der Waals surface area contributed by atoms with Gasteiger partial charge in [0.15, 0.2) is 0 Å². The summed E-state index contributed by atoms with van der Waals surface area (Å²) in [6.07, 6.45) is 4.63. The van der Waals surface area contributed by atoms with Gasteiger partial charge in [0.25, 0.3) is 0 Å². The first-order valence-corrected chi connectivity index (χ1v) is 4.50. The Hall–Kier alpha value is -1.04. The fraction of sp³-hybridized carbons (Fsp3) is 0.333. The average molecular weight is 158 g/mol. The van der Waals surface area contributed by atoms with E-state index in [4.69, 9.17) is 0 Å². The first-order valence-electron chi connectivity index (χ1n) is 4.50. The highest BCUT2D eigenvalue weighted by Crippen LogP contribution is 2.23. The summed E-state index contributed by atoms with van der Waals surface area (Å²) in [6, 6.07) is 6.61. The molecule has 0 aromatic heterocycles. The predicted molar refractivity (Wildman–Crippen MR) is 52.3 cm³/mol. The summed E-state index contributed by atoms with van der Waals surface area (Å²) >= 11 is 0. The number of fused-ring (bicyclic) bond motifs is 1. The topological polar surface area (TPSA) is 0 Å². The summed E-state index contributed by atoms with van der Waals surface area (Å²) in [5.41, 5.74) is 6.02. The van der Waals surface area contributed by atoms with Crippen molar-refractivity contribution in [2.75, 3.05) is 0 Å². The molecule has 12 heavy (non-hydrogen) atoms. The van der Waals surface area contributed by atoms with E-state index in [1.54, 1.807) is 5.56 Å². The van der Waals surface area contributed by atoms with Gasteiger partial charge < -0.3 is 0 Å². The Morgan fingerprint density at radius 3 is 2.83 bits per heavy atom. The number of hydrogen-bond acceptors (Lipinski definition) is 0. The van der Waals surface area contributed by atoms with Crippen molar-refractivity contribution < 1.29 is 0 Å². The Labute approximate surface area is 73.9 Å². The van der Waals surface area contributed by atoms with Crippen LogP contribution in [0.2, 0.25) is 0 Å². The van der Waals surface area contributed by atoms with Crippen molar-refractivity contribution in [1.29, 1.82) is 0 Å². The third-order valence-electron chi connectivity index (χ3n) is 2.63. The average Bonchev–Trinajstić information content (AvgIpc) is 2.04. The number of benzene rings is 1. The van der Waals surface area contributed by atoms with Crippen molar-refractivity contribution in [2.24, 2.45) is 0 Å². The molecule has 62 valence electrons. The van der Waals surface area contributed by atoms with Crippen LogP contribution in [-0.4, -0.2) is 0 Å². The molecule has 1 aromatic rings. The largest absolute Gasteiger partial charge is 0.0809 e. The quantitative estimate of drug-likeness (QED) is 0.509. The lowest BCUT2D eigenvalue weighted by Gasteiger charge is -2.16. The summed E-state index contributed by atoms with van der Waals surface area (Å²) in [5.74, 6) is 0. The summed E-state index contributed by atoms with van der Waals surface area (Å²) in [4.78, 5) is 0. The zero-order valence-electron chi connectivity index (χ0n) is 7.72. The molecule has 0 amide bonds. The molecule has 2 rings (SSSR count). The lowest BCUT2D eigenvalue weighted by Crippen LogP contribution is -2.02. The van der Waals surface area contributed by atoms with Crippen molar-refractivity contribution in [2.45, 2.75) is 26.7 Å². The van der Waals surface area contributed by atoms with E-state index < -0.39 is 0 Å². The molecule has 0 spiro atoms. The van der Waals surface area contributed by atoms with Crippen LogP contribution in [0.25, 0.3) is 0 Å². The smallest absolute Gasteiger partial charge is 0.00668 e. The number of allylic oxidation sites excluding steroid dienone is 2. The van der Waals surface area contributed by atoms with Crippen LogP contribution in [0, 0.1) is 6.92 Å². The Morgan fingerprint density at radius 1 is 1.17 bits per heavy atom. The third-order valence-corrected chi connectivity index (χ3v) is 2.63. The molecule has 0 heterocycles. The minimum absolute atomic E-state index is 1.13. The van der Waals surface area contributed by atoms with Crippen LogP contribution in [-0.2, 0) is 12.8 Å². The molecular formula is C12H14. The maximum absolute atomic E-state index is 2.34. The standard InChI is InChI=1S/C12H14/c1-9-6-7-12-10(2)4-3-5-11(12)8-9/h3-6H,7-8H2,1-2H3. The Balaban J connectivity index is 2.49. The minimum atomic E-state index is 1.13. The Bertz CT molecular complexity index is 332. The predicted octanol–water partition coefficient (Wildman–Crippen LogP) is 3.04. The van der Waals surface area contributed by atoms with Crippen molar-refractivity contribution in [1.82, 2.24) is 0 Å². The molecule has 0 nitrogen and oxygen atoms in total. The van der Waals surface area contributed by atoms with Crippen LogP contribution >= 0.6 is 0 Å². The summed E-state index contributed by atoms with van der Waals surface area (Å²) in [5, 5.41) is 0. The van der Waals surface area contributed by atoms with Gasteiger partial charge in [0.05, 0.1) is 0 Å². The molecule has 1 aromatic carbocycles. The molecule has 0 unspecified atom stereocenters. The van der Waals surface area contributed by atoms with E-state index in [0.717, 1.165) is 12.8 Å². The molecular weight excluding hydrogens is 144 g/mol. The van der Waals surface area contributed by atoms with Crippen molar-refractivity contribution in [3.63, 3.8) is 0 Å². The second-order valence-electron chi connectivity index (χ2n) is 3.64. The number of hydrogen-bond donors (Lipinski definition) is 0. The molecule has 0 saturated carbocycles. The minimum Gasteiger partial charge on any atom is -0.0809 e. The third kappa shape index (κ3) is 1.18. The highest BCUT2D eigenvalue weighted by molar-refractivity contribution is 5.41. The van der Waals surface area contributed by atoms with E-state index in [-0.39, 0.29) is 0 Å². The van der Waals surface area contributed by atoms with Gasteiger partial charge in [0.2, 0.25) is 0 Å². The molecule has 0 atom stereocenters. The molecule has 0 fully saturated rings. The maximum atomic E-state index is 2.34. The molecule has 0 heteroatoms. The maximum Gasteiger partial charge on any atom is -0.00668 e. The van der Waals surface area contributed by atoms with E-state index in [1.807, 2.05) is 0 Å². The highest BCUT2D eigenvalue weighted by Gasteiger charge is 2.08. The van der Waals surface area contributed by atoms with Gasteiger partial charge in [0, 0.05) is 0 Å². The van der Waals surface area contributed by atoms with Crippen LogP contribution in [0.1, 0.15) is 23.6 Å². The SMILES string of the molecule is CC1=CCc2c(C)cccc2C1. The number of rotatable bonds is 0. The van der Waals surface area contributed by atoms with Crippen LogP contribution in [0.15, 0.2) is 29.8 Å². The monoisotopic (exact) mass is 158 g/mol. The van der Waals surface area contributed by atoms with Crippen LogP contribution in [0.3, 0.4) is 0 Å². The zero-order chi connectivity index (χ0) is 8.55. The van der Waals surface area contributed by atoms with Crippen molar-refractivity contribution in [3.05, 3.63) is 46.5 Å². The van der Waals surface area contributed by atoms with E-state index in [2.05, 4.69) is 38.1 Å². The summed E-state index contributed by atoms with van der Waals surface area (Å²) in [7, 11) is 0. The second kappa shape index (κ2) is 2.78. The first-order chi connectivity index (χ1) is 5.77. The summed E-state index contributed by atoms with van der Waals surface area (Å²) < 4.78 is 0. The van der Waals surface area contributed by atoms with Gasteiger partial charge in [-0.05, 0) is 43.4 Å². The molecule has 1 aliphatic rings. The van der Waals surface area contributed by atoms with Gasteiger partial charge in [-0.25, -0.2) is 0 Å². The van der Waals surface area contributed by atoms with Gasteiger partial charge in [-0.3, -0.25) is 0 Å². The van der Waals surface area contributed by atoms with Gasteiger partial charge in [-0.2, -0.15) is 0 Å². The molecule has 0 N–H and O–H groups in total. The van der Waals surface area contributed by atoms with Gasteiger partial charge in [-0.15, -0.1) is 0 Å². The molecule has 0 saturated heterocycles. The van der Waals surface area contributed by atoms with Crippen molar-refractivity contribution >= 4 is 0 Å². The highest BCUT2D eigenvalue weighted by atomic mass is 14.1. The first kappa shape index (κ1) is 7.60. The molecule has 0 bridgehead atoms. The Morgan fingerprint density at radius 2 is 2.00 bits per heavy atom. The van der Waals surface area contributed by atoms with Gasteiger partial charge in [0.1, 0.15) is 0 Å². The van der Waals surface area contributed by atoms with Crippen LogP contribution in [0.5, 0.6) is 0 Å².